The number of amides is 3. The van der Waals surface area contributed by atoms with E-state index in [-0.39, 0.29) is 18.0 Å². The molecule has 1 atom stereocenters. The number of unbranched alkanes of at least 4 members (excludes halogenated alkanes) is 1. The predicted molar refractivity (Wildman–Crippen MR) is 112 cm³/mol. The average molecular weight is 404 g/mol. The van der Waals surface area contributed by atoms with Crippen LogP contribution in [0.2, 0.25) is 5.02 Å². The Morgan fingerprint density at radius 1 is 1.11 bits per heavy atom. The maximum atomic E-state index is 12.0. The normalized spacial score (nSPS) is 11.4. The van der Waals surface area contributed by atoms with E-state index in [4.69, 9.17) is 16.3 Å². The van der Waals surface area contributed by atoms with E-state index < -0.39 is 0 Å². The SMILES string of the molecule is CC(=O)Nc1cccc([C@@H](C)NC(=O)NCCCCOc2ccc(Cl)cc2)c1. The maximum absolute atomic E-state index is 12.0. The molecule has 0 heterocycles. The molecule has 28 heavy (non-hydrogen) atoms. The van der Waals surface area contributed by atoms with Crippen molar-refractivity contribution in [1.82, 2.24) is 10.6 Å². The minimum Gasteiger partial charge on any atom is -0.494 e. The fourth-order valence-corrected chi connectivity index (χ4v) is 2.70. The van der Waals surface area contributed by atoms with Crippen LogP contribution >= 0.6 is 11.6 Å². The number of anilines is 1. The summed E-state index contributed by atoms with van der Waals surface area (Å²) < 4.78 is 5.61. The van der Waals surface area contributed by atoms with E-state index in [1.54, 1.807) is 12.1 Å². The molecule has 3 N–H and O–H groups in total. The van der Waals surface area contributed by atoms with Gasteiger partial charge in [-0.1, -0.05) is 23.7 Å². The third-order valence-corrected chi connectivity index (χ3v) is 4.25. The molecule has 0 saturated carbocycles. The highest BCUT2D eigenvalue weighted by molar-refractivity contribution is 6.30. The van der Waals surface area contributed by atoms with Gasteiger partial charge in [-0.05, 0) is 61.7 Å². The Bertz CT molecular complexity index is 781. The van der Waals surface area contributed by atoms with E-state index in [1.165, 1.54) is 6.92 Å². The van der Waals surface area contributed by atoms with Gasteiger partial charge < -0.3 is 20.7 Å². The second-order valence-corrected chi connectivity index (χ2v) is 6.87. The van der Waals surface area contributed by atoms with E-state index >= 15 is 0 Å². The Morgan fingerprint density at radius 2 is 1.86 bits per heavy atom. The van der Waals surface area contributed by atoms with Gasteiger partial charge in [0.15, 0.2) is 0 Å². The van der Waals surface area contributed by atoms with Crippen molar-refractivity contribution in [2.45, 2.75) is 32.7 Å². The third kappa shape index (κ3) is 7.88. The first kappa shape index (κ1) is 21.6. The van der Waals surface area contributed by atoms with Crippen LogP contribution in [-0.2, 0) is 4.79 Å². The zero-order valence-electron chi connectivity index (χ0n) is 16.1. The van der Waals surface area contributed by atoms with Crippen LogP contribution in [0.1, 0.15) is 38.3 Å². The Labute approximate surface area is 170 Å². The van der Waals surface area contributed by atoms with Crippen molar-refractivity contribution in [3.63, 3.8) is 0 Å². The molecule has 2 aromatic rings. The van der Waals surface area contributed by atoms with E-state index in [0.29, 0.717) is 23.9 Å². The lowest BCUT2D eigenvalue weighted by molar-refractivity contribution is -0.114. The Hall–Kier alpha value is -2.73. The van der Waals surface area contributed by atoms with Crippen molar-refractivity contribution < 1.29 is 14.3 Å². The highest BCUT2D eigenvalue weighted by Gasteiger charge is 2.10. The van der Waals surface area contributed by atoms with Gasteiger partial charge in [-0.3, -0.25) is 4.79 Å². The van der Waals surface area contributed by atoms with E-state index in [2.05, 4.69) is 16.0 Å². The molecule has 0 aromatic heterocycles. The van der Waals surface area contributed by atoms with Gasteiger partial charge in [0.1, 0.15) is 5.75 Å². The minimum absolute atomic E-state index is 0.129. The molecule has 150 valence electrons. The molecule has 2 rings (SSSR count). The highest BCUT2D eigenvalue weighted by Crippen LogP contribution is 2.17. The van der Waals surface area contributed by atoms with Gasteiger partial charge in [0.2, 0.25) is 5.91 Å². The number of carbonyl (C=O) groups excluding carboxylic acids is 2. The summed E-state index contributed by atoms with van der Waals surface area (Å²) in [6.07, 6.45) is 1.64. The molecular weight excluding hydrogens is 378 g/mol. The largest absolute Gasteiger partial charge is 0.494 e. The molecule has 3 amide bonds. The molecule has 0 radical (unpaired) electrons. The van der Waals surface area contributed by atoms with Crippen molar-refractivity contribution in [2.24, 2.45) is 0 Å². The van der Waals surface area contributed by atoms with Gasteiger partial charge in [-0.2, -0.15) is 0 Å². The molecule has 0 saturated heterocycles. The first-order valence-electron chi connectivity index (χ1n) is 9.24. The van der Waals surface area contributed by atoms with Crippen molar-refractivity contribution in [3.05, 3.63) is 59.1 Å². The van der Waals surface area contributed by atoms with Gasteiger partial charge in [0.25, 0.3) is 0 Å². The number of urea groups is 1. The summed E-state index contributed by atoms with van der Waals surface area (Å²) in [5.41, 5.74) is 1.62. The second-order valence-electron chi connectivity index (χ2n) is 6.44. The summed E-state index contributed by atoms with van der Waals surface area (Å²) in [7, 11) is 0. The zero-order chi connectivity index (χ0) is 20.4. The summed E-state index contributed by atoms with van der Waals surface area (Å²) >= 11 is 5.83. The Morgan fingerprint density at radius 3 is 2.57 bits per heavy atom. The molecule has 6 nitrogen and oxygen atoms in total. The Balaban J connectivity index is 1.64. The molecule has 0 aliphatic rings. The molecule has 0 aliphatic carbocycles. The molecule has 0 unspecified atom stereocenters. The number of hydrogen-bond acceptors (Lipinski definition) is 3. The topological polar surface area (TPSA) is 79.5 Å². The van der Waals surface area contributed by atoms with E-state index in [0.717, 1.165) is 24.2 Å². The summed E-state index contributed by atoms with van der Waals surface area (Å²) in [4.78, 5) is 23.2. The van der Waals surface area contributed by atoms with E-state index in [1.807, 2.05) is 43.3 Å². The standard InChI is InChI=1S/C21H26ClN3O3/c1-15(17-6-5-7-19(14-17)25-16(2)26)24-21(27)23-12-3-4-13-28-20-10-8-18(22)9-11-20/h5-11,14-15H,3-4,12-13H2,1-2H3,(H,25,26)(H2,23,24,27)/t15-/m1/s1. The highest BCUT2D eigenvalue weighted by atomic mass is 35.5. The summed E-state index contributed by atoms with van der Waals surface area (Å²) in [5, 5.41) is 9.15. The molecule has 0 fully saturated rings. The van der Waals surface area contributed by atoms with Crippen LogP contribution in [0, 0.1) is 0 Å². The number of ether oxygens (including phenoxy) is 1. The first-order chi connectivity index (χ1) is 13.4. The Kier molecular flexibility index (Phi) is 8.62. The number of halogens is 1. The number of hydrogen-bond donors (Lipinski definition) is 3. The predicted octanol–water partition coefficient (Wildman–Crippen LogP) is 4.52. The quantitative estimate of drug-likeness (QED) is 0.538. The summed E-state index contributed by atoms with van der Waals surface area (Å²) in [6, 6.07) is 14.2. The van der Waals surface area contributed by atoms with Crippen LogP contribution in [0.25, 0.3) is 0 Å². The van der Waals surface area contributed by atoms with Gasteiger partial charge in [-0.25, -0.2) is 4.79 Å². The third-order valence-electron chi connectivity index (χ3n) is 3.99. The van der Waals surface area contributed by atoms with Crippen molar-refractivity contribution >= 4 is 29.2 Å². The van der Waals surface area contributed by atoms with Crippen molar-refractivity contribution in [3.8, 4) is 5.75 Å². The van der Waals surface area contributed by atoms with Crippen LogP contribution in [0.3, 0.4) is 0 Å². The maximum Gasteiger partial charge on any atom is 0.315 e. The first-order valence-corrected chi connectivity index (χ1v) is 9.62. The van der Waals surface area contributed by atoms with Gasteiger partial charge in [0.05, 0.1) is 12.6 Å². The van der Waals surface area contributed by atoms with E-state index in [9.17, 15) is 9.59 Å². The smallest absolute Gasteiger partial charge is 0.315 e. The fraction of sp³-hybridized carbons (Fsp3) is 0.333. The molecule has 7 heteroatoms. The van der Waals surface area contributed by atoms with Gasteiger partial charge >= 0.3 is 6.03 Å². The molecule has 0 aliphatic heterocycles. The molecule has 0 bridgehead atoms. The fourth-order valence-electron chi connectivity index (χ4n) is 2.57. The van der Waals surface area contributed by atoms with Crippen LogP contribution in [0.4, 0.5) is 10.5 Å². The number of benzene rings is 2. The van der Waals surface area contributed by atoms with Gasteiger partial charge in [-0.15, -0.1) is 0 Å². The lowest BCUT2D eigenvalue weighted by Gasteiger charge is -2.16. The number of rotatable bonds is 9. The summed E-state index contributed by atoms with van der Waals surface area (Å²) in [5.74, 6) is 0.654. The van der Waals surface area contributed by atoms with Crippen LogP contribution in [0.5, 0.6) is 5.75 Å². The van der Waals surface area contributed by atoms with Crippen molar-refractivity contribution in [2.75, 3.05) is 18.5 Å². The zero-order valence-corrected chi connectivity index (χ0v) is 16.9. The molecule has 0 spiro atoms. The summed E-state index contributed by atoms with van der Waals surface area (Å²) in [6.45, 7) is 4.50. The molecule has 2 aromatic carbocycles. The lowest BCUT2D eigenvalue weighted by Crippen LogP contribution is -2.37. The number of carbonyl (C=O) groups is 2. The lowest BCUT2D eigenvalue weighted by atomic mass is 10.1. The second kappa shape index (κ2) is 11.2. The van der Waals surface area contributed by atoms with Gasteiger partial charge in [0, 0.05) is 24.2 Å². The molecular formula is C21H26ClN3O3. The monoisotopic (exact) mass is 403 g/mol. The average Bonchev–Trinajstić information content (AvgIpc) is 2.65. The van der Waals surface area contributed by atoms with Crippen LogP contribution < -0.4 is 20.7 Å². The van der Waals surface area contributed by atoms with Crippen LogP contribution in [-0.4, -0.2) is 25.1 Å². The minimum atomic E-state index is -0.226. The number of nitrogens with one attached hydrogen (secondary N) is 3. The van der Waals surface area contributed by atoms with Crippen molar-refractivity contribution in [1.29, 1.82) is 0 Å². The van der Waals surface area contributed by atoms with Crippen LogP contribution in [0.15, 0.2) is 48.5 Å².